The molecule has 1 fully saturated rings. The van der Waals surface area contributed by atoms with E-state index in [-0.39, 0.29) is 30.1 Å². The number of carbonyl (C=O) groups is 1. The Morgan fingerprint density at radius 2 is 1.89 bits per heavy atom. The van der Waals surface area contributed by atoms with Gasteiger partial charge in [-0.2, -0.15) is 0 Å². The molecule has 152 valence electrons. The molecule has 1 aliphatic carbocycles. The first-order valence-corrected chi connectivity index (χ1v) is 9.92. The molecule has 0 saturated heterocycles. The number of hydrogen-bond donors (Lipinski definition) is 1. The van der Waals surface area contributed by atoms with Gasteiger partial charge >= 0.3 is 6.09 Å². The number of amides is 1. The molecule has 1 aromatic heterocycles. The van der Waals surface area contributed by atoms with Crippen molar-refractivity contribution < 1.29 is 22.7 Å². The third kappa shape index (κ3) is 4.71. The first kappa shape index (κ1) is 20.8. The maximum Gasteiger partial charge on any atom is 0.413 e. The summed E-state index contributed by atoms with van der Waals surface area (Å²) in [5.41, 5.74) is 0.871. The summed E-state index contributed by atoms with van der Waals surface area (Å²) in [5.74, 6) is -2.94. The Kier molecular flexibility index (Phi) is 6.07. The molecule has 4 nitrogen and oxygen atoms in total. The number of hydrogen-bond acceptors (Lipinski definition) is 2. The summed E-state index contributed by atoms with van der Waals surface area (Å²) in [6, 6.07) is 7.04. The zero-order chi connectivity index (χ0) is 20.5. The van der Waals surface area contributed by atoms with E-state index in [1.165, 1.54) is 10.8 Å². The van der Waals surface area contributed by atoms with Gasteiger partial charge in [0.15, 0.2) is 5.82 Å². The predicted octanol–water partition coefficient (Wildman–Crippen LogP) is 6.36. The fraction of sp³-hybridized carbons (Fsp3) is 0.450. The van der Waals surface area contributed by atoms with Gasteiger partial charge in [0.2, 0.25) is 5.92 Å². The number of ether oxygens (including phenoxy) is 1. The van der Waals surface area contributed by atoms with Crippen molar-refractivity contribution in [2.45, 2.75) is 44.6 Å². The van der Waals surface area contributed by atoms with Crippen molar-refractivity contribution in [3.8, 4) is 11.1 Å². The summed E-state index contributed by atoms with van der Waals surface area (Å²) in [4.78, 5) is 12.4. The molecule has 8 heteroatoms. The van der Waals surface area contributed by atoms with Crippen LogP contribution in [0.5, 0.6) is 0 Å². The van der Waals surface area contributed by atoms with Crippen LogP contribution in [0.2, 0.25) is 0 Å². The van der Waals surface area contributed by atoms with Gasteiger partial charge in [-0.05, 0) is 43.4 Å². The zero-order valence-corrected chi connectivity index (χ0v) is 17.2. The third-order valence-electron chi connectivity index (χ3n) is 5.21. The van der Waals surface area contributed by atoms with Crippen LogP contribution in [0.25, 0.3) is 11.1 Å². The molecule has 1 N–H and O–H groups in total. The second-order valence-electron chi connectivity index (χ2n) is 7.25. The van der Waals surface area contributed by atoms with Gasteiger partial charge in [0.05, 0.1) is 5.56 Å². The van der Waals surface area contributed by atoms with Crippen LogP contribution in [0.4, 0.5) is 23.8 Å². The molecule has 0 spiro atoms. The molecule has 0 aliphatic heterocycles. The zero-order valence-electron chi connectivity index (χ0n) is 15.6. The van der Waals surface area contributed by atoms with Crippen molar-refractivity contribution in [2.24, 2.45) is 13.0 Å². The molecule has 0 bridgehead atoms. The highest BCUT2D eigenvalue weighted by Crippen LogP contribution is 2.38. The van der Waals surface area contributed by atoms with Gasteiger partial charge in [0.25, 0.3) is 0 Å². The molecule has 28 heavy (non-hydrogen) atoms. The monoisotopic (exact) mass is 458 g/mol. The molecule has 1 saturated carbocycles. The minimum absolute atomic E-state index is 0.110. The highest BCUT2D eigenvalue weighted by atomic mass is 79.9. The van der Waals surface area contributed by atoms with Gasteiger partial charge in [-0.15, -0.1) is 0 Å². The van der Waals surface area contributed by atoms with E-state index in [9.17, 15) is 18.0 Å². The van der Waals surface area contributed by atoms with Crippen molar-refractivity contribution in [1.29, 1.82) is 0 Å². The molecule has 1 atom stereocenters. The van der Waals surface area contributed by atoms with Crippen LogP contribution >= 0.6 is 15.9 Å². The van der Waals surface area contributed by atoms with Crippen molar-refractivity contribution in [1.82, 2.24) is 4.57 Å². The lowest BCUT2D eigenvalue weighted by Gasteiger charge is -2.31. The lowest BCUT2D eigenvalue weighted by atomic mass is 9.84. The second-order valence-corrected chi connectivity index (χ2v) is 8.16. The summed E-state index contributed by atoms with van der Waals surface area (Å²) in [6.45, 7) is 1.70. The Hall–Kier alpha value is -1.96. The van der Waals surface area contributed by atoms with Crippen LogP contribution in [0, 0.1) is 11.7 Å². The summed E-state index contributed by atoms with van der Waals surface area (Å²) in [5, 5.41) is 2.60. The smallest absolute Gasteiger partial charge is 0.413 e. The van der Waals surface area contributed by atoms with Gasteiger partial charge in [-0.25, -0.2) is 18.0 Å². The van der Waals surface area contributed by atoms with Crippen molar-refractivity contribution in [3.05, 3.63) is 40.8 Å². The number of halogens is 4. The van der Waals surface area contributed by atoms with Crippen LogP contribution < -0.4 is 5.32 Å². The van der Waals surface area contributed by atoms with E-state index in [0.29, 0.717) is 18.4 Å². The van der Waals surface area contributed by atoms with E-state index in [0.717, 1.165) is 4.47 Å². The quantitative estimate of drug-likeness (QED) is 0.579. The number of aryl methyl sites for hydroxylation is 1. The summed E-state index contributed by atoms with van der Waals surface area (Å²) in [7, 11) is 1.62. The van der Waals surface area contributed by atoms with E-state index in [1.807, 2.05) is 0 Å². The van der Waals surface area contributed by atoms with E-state index < -0.39 is 23.9 Å². The lowest BCUT2D eigenvalue weighted by Crippen LogP contribution is -2.33. The highest BCUT2D eigenvalue weighted by Gasteiger charge is 2.37. The number of anilines is 1. The Morgan fingerprint density at radius 3 is 2.50 bits per heavy atom. The number of benzene rings is 1. The fourth-order valence-electron chi connectivity index (χ4n) is 3.55. The number of carbonyl (C=O) groups excluding carboxylic acids is 1. The number of aromatic nitrogens is 1. The largest absolute Gasteiger partial charge is 0.446 e. The van der Waals surface area contributed by atoms with E-state index >= 15 is 0 Å². The molecule has 3 rings (SSSR count). The summed E-state index contributed by atoms with van der Waals surface area (Å²) in [6.07, 6.45) is 0.281. The SMILES string of the molecule is CC(OC(=O)Nc1c(-c2ccc(Br)cc2)c(F)cn1C)C1CCC(F)(F)CC1. The van der Waals surface area contributed by atoms with Gasteiger partial charge in [0, 0.05) is 30.6 Å². The maximum atomic E-state index is 14.4. The topological polar surface area (TPSA) is 43.3 Å². The Balaban J connectivity index is 1.70. The van der Waals surface area contributed by atoms with E-state index in [2.05, 4.69) is 21.2 Å². The van der Waals surface area contributed by atoms with Crippen LogP contribution in [-0.2, 0) is 11.8 Å². The van der Waals surface area contributed by atoms with Crippen LogP contribution in [0.1, 0.15) is 32.6 Å². The second kappa shape index (κ2) is 8.19. The molecule has 2 aromatic rings. The molecule has 1 unspecified atom stereocenters. The van der Waals surface area contributed by atoms with Gasteiger partial charge < -0.3 is 9.30 Å². The molecular formula is C20H22BrF3N2O2. The Morgan fingerprint density at radius 1 is 1.29 bits per heavy atom. The van der Waals surface area contributed by atoms with Gasteiger partial charge in [0.1, 0.15) is 11.9 Å². The average molecular weight is 459 g/mol. The first-order valence-electron chi connectivity index (χ1n) is 9.12. The summed E-state index contributed by atoms with van der Waals surface area (Å²) >= 11 is 3.34. The number of nitrogens with zero attached hydrogens (tertiary/aromatic N) is 1. The van der Waals surface area contributed by atoms with Crippen LogP contribution in [0.15, 0.2) is 34.9 Å². The van der Waals surface area contributed by atoms with Crippen molar-refractivity contribution in [2.75, 3.05) is 5.32 Å². The minimum Gasteiger partial charge on any atom is -0.446 e. The molecule has 1 aliphatic rings. The molecular weight excluding hydrogens is 437 g/mol. The van der Waals surface area contributed by atoms with Crippen LogP contribution in [-0.4, -0.2) is 22.7 Å². The van der Waals surface area contributed by atoms with Crippen LogP contribution in [0.3, 0.4) is 0 Å². The molecule has 0 radical (unpaired) electrons. The standard InChI is InChI=1S/C20H22BrF3N2O2/c1-12(13-7-9-20(23,24)10-8-13)28-19(27)25-18-17(16(22)11-26(18)2)14-3-5-15(21)6-4-14/h3-6,11-13H,7-10H2,1-2H3,(H,25,27). The molecule has 1 aromatic carbocycles. The van der Waals surface area contributed by atoms with Gasteiger partial charge in [-0.1, -0.05) is 28.1 Å². The Bertz CT molecular complexity index is 842. The number of alkyl halides is 2. The summed E-state index contributed by atoms with van der Waals surface area (Å²) < 4.78 is 48.8. The molecule has 1 heterocycles. The average Bonchev–Trinajstić information content (AvgIpc) is 2.89. The highest BCUT2D eigenvalue weighted by molar-refractivity contribution is 9.10. The molecule has 1 amide bonds. The number of nitrogens with one attached hydrogen (secondary N) is 1. The third-order valence-corrected chi connectivity index (χ3v) is 5.74. The number of rotatable bonds is 4. The van der Waals surface area contributed by atoms with Gasteiger partial charge in [-0.3, -0.25) is 5.32 Å². The first-order chi connectivity index (χ1) is 13.2. The lowest BCUT2D eigenvalue weighted by molar-refractivity contribution is -0.0605. The normalized spacial score (nSPS) is 17.9. The maximum absolute atomic E-state index is 14.4. The van der Waals surface area contributed by atoms with E-state index in [4.69, 9.17) is 4.74 Å². The minimum atomic E-state index is -2.63. The Labute approximate surface area is 170 Å². The van der Waals surface area contributed by atoms with Crippen molar-refractivity contribution >= 4 is 27.8 Å². The van der Waals surface area contributed by atoms with Crippen molar-refractivity contribution in [3.63, 3.8) is 0 Å². The predicted molar refractivity (Wildman–Crippen MR) is 105 cm³/mol. The van der Waals surface area contributed by atoms with E-state index in [1.54, 1.807) is 38.2 Å². The fourth-order valence-corrected chi connectivity index (χ4v) is 3.82.